The Bertz CT molecular complexity index is 713. The van der Waals surface area contributed by atoms with Crippen molar-refractivity contribution < 1.29 is 14.1 Å². The number of nitriles is 1. The van der Waals surface area contributed by atoms with Gasteiger partial charge >= 0.3 is 0 Å². The van der Waals surface area contributed by atoms with E-state index >= 15 is 0 Å². The van der Waals surface area contributed by atoms with Gasteiger partial charge in [0.25, 0.3) is 5.69 Å². The first-order valence-corrected chi connectivity index (χ1v) is 6.01. The van der Waals surface area contributed by atoms with E-state index in [1.807, 2.05) is 6.07 Å². The van der Waals surface area contributed by atoms with Crippen LogP contribution in [0.15, 0.2) is 48.5 Å². The Hall–Kier alpha value is -2.78. The number of non-ortho nitro benzene ring substituents is 1. The molecule has 0 aliphatic heterocycles. The molecule has 0 aliphatic rings. The van der Waals surface area contributed by atoms with Gasteiger partial charge in [-0.1, -0.05) is 30.3 Å². The van der Waals surface area contributed by atoms with Gasteiger partial charge in [0.2, 0.25) is 5.60 Å². The van der Waals surface area contributed by atoms with E-state index in [4.69, 9.17) is 4.74 Å². The third-order valence-electron chi connectivity index (χ3n) is 3.19. The lowest BCUT2D eigenvalue weighted by Crippen LogP contribution is -2.29. The van der Waals surface area contributed by atoms with Gasteiger partial charge in [-0.2, -0.15) is 5.26 Å². The van der Waals surface area contributed by atoms with Crippen LogP contribution in [-0.2, 0) is 10.3 Å². The zero-order chi connectivity index (χ0) is 15.5. The van der Waals surface area contributed by atoms with Crippen molar-refractivity contribution in [1.82, 2.24) is 0 Å². The highest BCUT2D eigenvalue weighted by atomic mass is 19.1. The SMILES string of the molecule is COC(C#N)(c1ccccc1)c1ccc([N+](=O)[O-])cc1F. The van der Waals surface area contributed by atoms with Crippen LogP contribution in [0.2, 0.25) is 0 Å². The lowest BCUT2D eigenvalue weighted by Gasteiger charge is -2.26. The molecule has 0 fully saturated rings. The third kappa shape index (κ3) is 2.47. The zero-order valence-corrected chi connectivity index (χ0v) is 11.1. The number of nitro groups is 1. The van der Waals surface area contributed by atoms with E-state index in [0.717, 1.165) is 12.1 Å². The smallest absolute Gasteiger partial charge is 0.272 e. The Morgan fingerprint density at radius 2 is 1.95 bits per heavy atom. The molecule has 0 saturated carbocycles. The molecule has 0 N–H and O–H groups in total. The summed E-state index contributed by atoms with van der Waals surface area (Å²) in [5.41, 5.74) is -1.65. The molecule has 0 heterocycles. The van der Waals surface area contributed by atoms with Crippen molar-refractivity contribution in [3.63, 3.8) is 0 Å². The van der Waals surface area contributed by atoms with Gasteiger partial charge in [0.1, 0.15) is 11.9 Å². The topological polar surface area (TPSA) is 76.2 Å². The van der Waals surface area contributed by atoms with Gasteiger partial charge in [-0.3, -0.25) is 10.1 Å². The monoisotopic (exact) mass is 286 g/mol. The molecule has 0 aromatic heterocycles. The summed E-state index contributed by atoms with van der Waals surface area (Å²) in [6.45, 7) is 0. The lowest BCUT2D eigenvalue weighted by atomic mass is 9.87. The van der Waals surface area contributed by atoms with Crippen LogP contribution in [0.25, 0.3) is 0 Å². The van der Waals surface area contributed by atoms with Crippen LogP contribution < -0.4 is 0 Å². The molecule has 2 rings (SSSR count). The molecule has 21 heavy (non-hydrogen) atoms. The van der Waals surface area contributed by atoms with Crippen LogP contribution in [-0.4, -0.2) is 12.0 Å². The molecule has 0 spiro atoms. The predicted molar refractivity (Wildman–Crippen MR) is 72.9 cm³/mol. The maximum atomic E-state index is 14.2. The van der Waals surface area contributed by atoms with E-state index in [1.54, 1.807) is 30.3 Å². The molecule has 0 radical (unpaired) electrons. The Morgan fingerprint density at radius 3 is 2.43 bits per heavy atom. The first-order chi connectivity index (χ1) is 10.0. The summed E-state index contributed by atoms with van der Waals surface area (Å²) in [5, 5.41) is 20.2. The van der Waals surface area contributed by atoms with E-state index in [-0.39, 0.29) is 11.3 Å². The van der Waals surface area contributed by atoms with E-state index in [2.05, 4.69) is 0 Å². The van der Waals surface area contributed by atoms with Crippen molar-refractivity contribution in [1.29, 1.82) is 5.26 Å². The summed E-state index contributed by atoms with van der Waals surface area (Å²) in [6.07, 6.45) is 0. The summed E-state index contributed by atoms with van der Waals surface area (Å²) in [7, 11) is 1.29. The molecular formula is C15H11FN2O3. The molecule has 0 aliphatic carbocycles. The Morgan fingerprint density at radius 1 is 1.29 bits per heavy atom. The van der Waals surface area contributed by atoms with E-state index in [0.29, 0.717) is 5.56 Å². The molecule has 0 bridgehead atoms. The molecule has 2 aromatic rings. The minimum Gasteiger partial charge on any atom is -0.355 e. The Kier molecular flexibility index (Phi) is 3.96. The summed E-state index contributed by atoms with van der Waals surface area (Å²) in [6, 6.07) is 13.5. The number of halogens is 1. The van der Waals surface area contributed by atoms with Crippen LogP contribution in [0.5, 0.6) is 0 Å². The van der Waals surface area contributed by atoms with Gasteiger partial charge in [-0.25, -0.2) is 4.39 Å². The maximum Gasteiger partial charge on any atom is 0.272 e. The fraction of sp³-hybridized carbons (Fsp3) is 0.133. The third-order valence-corrected chi connectivity index (χ3v) is 3.19. The number of rotatable bonds is 4. The average Bonchev–Trinajstić information content (AvgIpc) is 2.51. The average molecular weight is 286 g/mol. The molecule has 106 valence electrons. The van der Waals surface area contributed by atoms with Crippen molar-refractivity contribution in [2.45, 2.75) is 5.60 Å². The van der Waals surface area contributed by atoms with E-state index in [9.17, 15) is 19.8 Å². The molecule has 1 atom stereocenters. The number of nitro benzene ring substituents is 1. The maximum absolute atomic E-state index is 14.2. The van der Waals surface area contributed by atoms with Gasteiger partial charge in [0.05, 0.1) is 11.0 Å². The second-order valence-electron chi connectivity index (χ2n) is 4.28. The Labute approximate surface area is 120 Å². The number of hydrogen-bond donors (Lipinski definition) is 0. The van der Waals surface area contributed by atoms with Gasteiger partial charge in [-0.05, 0) is 6.07 Å². The minimum atomic E-state index is -1.65. The van der Waals surface area contributed by atoms with E-state index < -0.39 is 16.3 Å². The summed E-state index contributed by atoms with van der Waals surface area (Å²) in [4.78, 5) is 9.97. The second kappa shape index (κ2) is 5.69. The quantitative estimate of drug-likeness (QED) is 0.639. The fourth-order valence-electron chi connectivity index (χ4n) is 2.13. The van der Waals surface area contributed by atoms with Crippen molar-refractivity contribution in [2.24, 2.45) is 0 Å². The van der Waals surface area contributed by atoms with Crippen LogP contribution >= 0.6 is 0 Å². The number of ether oxygens (including phenoxy) is 1. The highest BCUT2D eigenvalue weighted by molar-refractivity contribution is 5.46. The van der Waals surface area contributed by atoms with Crippen LogP contribution in [0.4, 0.5) is 10.1 Å². The first kappa shape index (κ1) is 14.6. The number of benzene rings is 2. The number of hydrogen-bond acceptors (Lipinski definition) is 4. The molecule has 2 aromatic carbocycles. The summed E-state index contributed by atoms with van der Waals surface area (Å²) in [5.74, 6) is -0.864. The van der Waals surface area contributed by atoms with Crippen molar-refractivity contribution >= 4 is 5.69 Å². The molecule has 0 saturated heterocycles. The van der Waals surface area contributed by atoms with Crippen LogP contribution in [0.3, 0.4) is 0 Å². The number of methoxy groups -OCH3 is 1. The lowest BCUT2D eigenvalue weighted by molar-refractivity contribution is -0.385. The van der Waals surface area contributed by atoms with Gasteiger partial charge in [0, 0.05) is 24.3 Å². The molecule has 0 amide bonds. The fourth-order valence-corrected chi connectivity index (χ4v) is 2.13. The van der Waals surface area contributed by atoms with Crippen LogP contribution in [0, 0.1) is 27.3 Å². The van der Waals surface area contributed by atoms with Crippen molar-refractivity contribution in [2.75, 3.05) is 7.11 Å². The molecule has 6 heteroatoms. The summed E-state index contributed by atoms with van der Waals surface area (Å²) >= 11 is 0. The first-order valence-electron chi connectivity index (χ1n) is 6.01. The largest absolute Gasteiger partial charge is 0.355 e. The molecular weight excluding hydrogens is 275 g/mol. The molecule has 5 nitrogen and oxygen atoms in total. The Balaban J connectivity index is 2.65. The van der Waals surface area contributed by atoms with E-state index in [1.165, 1.54) is 13.2 Å². The highest BCUT2D eigenvalue weighted by Crippen LogP contribution is 2.35. The highest BCUT2D eigenvalue weighted by Gasteiger charge is 2.37. The number of nitrogens with zero attached hydrogens (tertiary/aromatic N) is 2. The van der Waals surface area contributed by atoms with Crippen molar-refractivity contribution in [3.05, 3.63) is 75.6 Å². The van der Waals surface area contributed by atoms with Crippen molar-refractivity contribution in [3.8, 4) is 6.07 Å². The van der Waals surface area contributed by atoms with Crippen LogP contribution in [0.1, 0.15) is 11.1 Å². The minimum absolute atomic E-state index is 0.0655. The van der Waals surface area contributed by atoms with Gasteiger partial charge < -0.3 is 4.74 Å². The van der Waals surface area contributed by atoms with Gasteiger partial charge in [-0.15, -0.1) is 0 Å². The second-order valence-corrected chi connectivity index (χ2v) is 4.28. The molecule has 1 unspecified atom stereocenters. The standard InChI is InChI=1S/C15H11FN2O3/c1-21-15(10-17,11-5-3-2-4-6-11)13-8-7-12(18(19)20)9-14(13)16/h2-9H,1H3. The predicted octanol–water partition coefficient (Wildman–Crippen LogP) is 3.15. The normalized spacial score (nSPS) is 13.2. The summed E-state index contributed by atoms with van der Waals surface area (Å²) < 4.78 is 19.5. The zero-order valence-electron chi connectivity index (χ0n) is 11.1. The van der Waals surface area contributed by atoms with Gasteiger partial charge in [0.15, 0.2) is 0 Å².